The third-order valence-corrected chi connectivity index (χ3v) is 5.01. The largest absolute Gasteiger partial charge is 0.497 e. The molecule has 4 rings (SSSR count). The molecule has 1 saturated heterocycles. The van der Waals surface area contributed by atoms with E-state index in [1.165, 1.54) is 0 Å². The summed E-state index contributed by atoms with van der Waals surface area (Å²) in [7, 11) is 1.66. The topological polar surface area (TPSA) is 60.2 Å². The lowest BCUT2D eigenvalue weighted by atomic mass is 10.0. The third-order valence-electron chi connectivity index (χ3n) is 5.01. The van der Waals surface area contributed by atoms with Crippen LogP contribution in [0, 0.1) is 5.92 Å². The number of benzene rings is 2. The van der Waals surface area contributed by atoms with Crippen molar-refractivity contribution in [3.05, 3.63) is 54.1 Å². The first-order valence-corrected chi connectivity index (χ1v) is 8.87. The van der Waals surface area contributed by atoms with E-state index in [1.807, 2.05) is 47.4 Å². The minimum Gasteiger partial charge on any atom is -0.497 e. The normalized spacial score (nSPS) is 19.8. The SMILES string of the molecule is COc1cccc(C2CC(C)CN2C(=O)Cn2nnc3ccccc32)c1. The van der Waals surface area contributed by atoms with Crippen molar-refractivity contribution in [3.63, 3.8) is 0 Å². The lowest BCUT2D eigenvalue weighted by Gasteiger charge is -2.25. The number of carbonyl (C=O) groups excluding carboxylic acids is 1. The molecule has 134 valence electrons. The average molecular weight is 350 g/mol. The summed E-state index contributed by atoms with van der Waals surface area (Å²) in [4.78, 5) is 15.0. The molecule has 0 spiro atoms. The van der Waals surface area contributed by atoms with Crippen LogP contribution in [-0.2, 0) is 11.3 Å². The number of likely N-dealkylation sites (tertiary alicyclic amines) is 1. The molecule has 6 heteroatoms. The van der Waals surface area contributed by atoms with E-state index >= 15 is 0 Å². The van der Waals surface area contributed by atoms with Crippen LogP contribution in [-0.4, -0.2) is 39.5 Å². The summed E-state index contributed by atoms with van der Waals surface area (Å²) in [6.07, 6.45) is 0.955. The first-order chi connectivity index (χ1) is 12.7. The molecule has 0 bridgehead atoms. The number of amides is 1. The number of aromatic nitrogens is 3. The van der Waals surface area contributed by atoms with Crippen molar-refractivity contribution in [1.29, 1.82) is 0 Å². The Balaban J connectivity index is 1.59. The maximum absolute atomic E-state index is 13.0. The lowest BCUT2D eigenvalue weighted by molar-refractivity contribution is -0.133. The summed E-state index contributed by atoms with van der Waals surface area (Å²) in [5.41, 5.74) is 2.80. The Labute approximate surface area is 152 Å². The fourth-order valence-corrected chi connectivity index (χ4v) is 3.74. The maximum Gasteiger partial charge on any atom is 0.244 e. The van der Waals surface area contributed by atoms with Gasteiger partial charge < -0.3 is 9.64 Å². The fourth-order valence-electron chi connectivity index (χ4n) is 3.74. The molecule has 26 heavy (non-hydrogen) atoms. The van der Waals surface area contributed by atoms with Gasteiger partial charge in [0.1, 0.15) is 17.8 Å². The molecule has 0 aliphatic carbocycles. The predicted molar refractivity (Wildman–Crippen MR) is 98.8 cm³/mol. The number of methoxy groups -OCH3 is 1. The van der Waals surface area contributed by atoms with Crippen molar-refractivity contribution < 1.29 is 9.53 Å². The number of rotatable bonds is 4. The Morgan fingerprint density at radius 3 is 2.92 bits per heavy atom. The van der Waals surface area contributed by atoms with E-state index in [2.05, 4.69) is 23.3 Å². The summed E-state index contributed by atoms with van der Waals surface area (Å²) >= 11 is 0. The van der Waals surface area contributed by atoms with Crippen LogP contribution in [0.4, 0.5) is 0 Å². The van der Waals surface area contributed by atoms with Crippen molar-refractivity contribution in [2.24, 2.45) is 5.92 Å². The summed E-state index contributed by atoms with van der Waals surface area (Å²) in [5.74, 6) is 1.34. The van der Waals surface area contributed by atoms with Crippen molar-refractivity contribution in [2.75, 3.05) is 13.7 Å². The molecule has 1 amide bonds. The highest BCUT2D eigenvalue weighted by molar-refractivity contribution is 5.80. The molecule has 1 aliphatic rings. The number of hydrogen-bond acceptors (Lipinski definition) is 4. The molecule has 0 radical (unpaired) electrons. The minimum absolute atomic E-state index is 0.0674. The van der Waals surface area contributed by atoms with E-state index in [1.54, 1.807) is 11.8 Å². The molecular formula is C20H22N4O2. The van der Waals surface area contributed by atoms with Crippen LogP contribution >= 0.6 is 0 Å². The van der Waals surface area contributed by atoms with Crippen molar-refractivity contribution in [2.45, 2.75) is 25.9 Å². The van der Waals surface area contributed by atoms with Gasteiger partial charge in [-0.2, -0.15) is 0 Å². The van der Waals surface area contributed by atoms with Gasteiger partial charge in [0.25, 0.3) is 0 Å². The van der Waals surface area contributed by atoms with E-state index in [4.69, 9.17) is 4.74 Å². The molecule has 2 unspecified atom stereocenters. The van der Waals surface area contributed by atoms with Crippen LogP contribution in [0.1, 0.15) is 24.9 Å². The van der Waals surface area contributed by atoms with Crippen LogP contribution in [0.5, 0.6) is 5.75 Å². The summed E-state index contributed by atoms with van der Waals surface area (Å²) in [6, 6.07) is 15.8. The van der Waals surface area contributed by atoms with E-state index in [0.29, 0.717) is 5.92 Å². The van der Waals surface area contributed by atoms with E-state index in [0.717, 1.165) is 35.3 Å². The number of ether oxygens (including phenoxy) is 1. The molecule has 2 atom stereocenters. The highest BCUT2D eigenvalue weighted by Crippen LogP contribution is 2.36. The molecule has 1 aromatic heterocycles. The summed E-state index contributed by atoms with van der Waals surface area (Å²) in [5, 5.41) is 8.29. The smallest absolute Gasteiger partial charge is 0.244 e. The second-order valence-corrected chi connectivity index (χ2v) is 6.92. The average Bonchev–Trinajstić information content (AvgIpc) is 3.26. The molecule has 0 saturated carbocycles. The highest BCUT2D eigenvalue weighted by atomic mass is 16.5. The molecule has 0 N–H and O–H groups in total. The second-order valence-electron chi connectivity index (χ2n) is 6.92. The number of para-hydroxylation sites is 1. The third kappa shape index (κ3) is 3.03. The number of carbonyl (C=O) groups is 1. The van der Waals surface area contributed by atoms with Gasteiger partial charge in [0.05, 0.1) is 18.7 Å². The van der Waals surface area contributed by atoms with Gasteiger partial charge in [-0.25, -0.2) is 4.68 Å². The predicted octanol–water partition coefficient (Wildman–Crippen LogP) is 3.05. The van der Waals surface area contributed by atoms with Gasteiger partial charge in [-0.3, -0.25) is 4.79 Å². The number of nitrogens with zero attached hydrogens (tertiary/aromatic N) is 4. The van der Waals surface area contributed by atoms with Crippen LogP contribution < -0.4 is 4.74 Å². The number of fused-ring (bicyclic) bond motifs is 1. The summed E-state index contributed by atoms with van der Waals surface area (Å²) in [6.45, 7) is 3.15. The zero-order valence-electron chi connectivity index (χ0n) is 15.0. The Kier molecular flexibility index (Phi) is 4.32. The molecule has 1 aliphatic heterocycles. The Hall–Kier alpha value is -2.89. The monoisotopic (exact) mass is 350 g/mol. The van der Waals surface area contributed by atoms with Gasteiger partial charge in [-0.05, 0) is 42.2 Å². The number of hydrogen-bond donors (Lipinski definition) is 0. The van der Waals surface area contributed by atoms with Crippen LogP contribution in [0.15, 0.2) is 48.5 Å². The Morgan fingerprint density at radius 2 is 2.08 bits per heavy atom. The van der Waals surface area contributed by atoms with E-state index < -0.39 is 0 Å². The van der Waals surface area contributed by atoms with Crippen LogP contribution in [0.3, 0.4) is 0 Å². The van der Waals surface area contributed by atoms with E-state index in [9.17, 15) is 4.79 Å². The standard InChI is InChI=1S/C20H22N4O2/c1-14-10-19(15-6-5-7-16(11-15)26-2)23(12-14)20(25)13-24-18-9-4-3-8-17(18)21-22-24/h3-9,11,14,19H,10,12-13H2,1-2H3. The zero-order chi connectivity index (χ0) is 18.1. The van der Waals surface area contributed by atoms with Crippen LogP contribution in [0.25, 0.3) is 11.0 Å². The first-order valence-electron chi connectivity index (χ1n) is 8.87. The molecular weight excluding hydrogens is 328 g/mol. The van der Waals surface area contributed by atoms with Gasteiger partial charge in [-0.1, -0.05) is 36.4 Å². The van der Waals surface area contributed by atoms with Gasteiger partial charge in [0.15, 0.2) is 0 Å². The van der Waals surface area contributed by atoms with Gasteiger partial charge >= 0.3 is 0 Å². The molecule has 2 heterocycles. The second kappa shape index (κ2) is 6.78. The minimum atomic E-state index is 0.0674. The lowest BCUT2D eigenvalue weighted by Crippen LogP contribution is -2.34. The van der Waals surface area contributed by atoms with Crippen molar-refractivity contribution >= 4 is 16.9 Å². The Morgan fingerprint density at radius 1 is 1.23 bits per heavy atom. The summed E-state index contributed by atoms with van der Waals surface area (Å²) < 4.78 is 7.03. The fraction of sp³-hybridized carbons (Fsp3) is 0.350. The van der Waals surface area contributed by atoms with Gasteiger partial charge in [0, 0.05) is 6.54 Å². The highest BCUT2D eigenvalue weighted by Gasteiger charge is 2.34. The Bertz CT molecular complexity index is 936. The molecule has 6 nitrogen and oxygen atoms in total. The quantitative estimate of drug-likeness (QED) is 0.726. The van der Waals surface area contributed by atoms with E-state index in [-0.39, 0.29) is 18.5 Å². The first kappa shape index (κ1) is 16.6. The zero-order valence-corrected chi connectivity index (χ0v) is 15.0. The molecule has 3 aromatic rings. The van der Waals surface area contributed by atoms with Crippen molar-refractivity contribution in [3.8, 4) is 5.75 Å². The van der Waals surface area contributed by atoms with Gasteiger partial charge in [-0.15, -0.1) is 5.10 Å². The molecule has 1 fully saturated rings. The van der Waals surface area contributed by atoms with Crippen LogP contribution in [0.2, 0.25) is 0 Å². The molecule has 2 aromatic carbocycles. The maximum atomic E-state index is 13.0. The van der Waals surface area contributed by atoms with Crippen molar-refractivity contribution in [1.82, 2.24) is 19.9 Å². The van der Waals surface area contributed by atoms with Gasteiger partial charge in [0.2, 0.25) is 5.91 Å².